The van der Waals surface area contributed by atoms with Gasteiger partial charge in [0.15, 0.2) is 0 Å². The lowest BCUT2D eigenvalue weighted by atomic mass is 9.70. The molecule has 0 aliphatic carbocycles. The largest absolute Gasteiger partial charge is 0.508 e. The van der Waals surface area contributed by atoms with E-state index in [-0.39, 0.29) is 5.41 Å². The first kappa shape index (κ1) is 13.6. The van der Waals surface area contributed by atoms with Crippen LogP contribution in [0.4, 0.5) is 0 Å². The van der Waals surface area contributed by atoms with Crippen LogP contribution in [0.1, 0.15) is 36.5 Å². The Bertz CT molecular complexity index is 632. The Hall–Kier alpha value is -1.41. The molecule has 0 saturated carbocycles. The number of hydrogen-bond donors (Lipinski definition) is 1. The van der Waals surface area contributed by atoms with Crippen molar-refractivity contribution in [3.05, 3.63) is 59.2 Å². The number of benzene rings is 2. The number of aryl methyl sites for hydroxylation is 1. The minimum Gasteiger partial charge on any atom is -0.508 e. The highest BCUT2D eigenvalue weighted by Crippen LogP contribution is 2.49. The maximum atomic E-state index is 9.49. The molecule has 1 heterocycles. The summed E-state index contributed by atoms with van der Waals surface area (Å²) >= 11 is 1.95. The minimum atomic E-state index is 0.112. The van der Waals surface area contributed by atoms with Gasteiger partial charge in [0, 0.05) is 16.1 Å². The summed E-state index contributed by atoms with van der Waals surface area (Å²) in [4.78, 5) is 1.42. The quantitative estimate of drug-likeness (QED) is 0.806. The van der Waals surface area contributed by atoms with E-state index in [1.165, 1.54) is 21.6 Å². The lowest BCUT2D eigenvalue weighted by Gasteiger charge is -2.41. The normalized spacial score (nSPS) is 25.2. The van der Waals surface area contributed by atoms with Crippen LogP contribution in [0.5, 0.6) is 5.75 Å². The molecule has 1 aliphatic rings. The van der Waals surface area contributed by atoms with Crippen LogP contribution in [0.25, 0.3) is 0 Å². The molecule has 2 unspecified atom stereocenters. The van der Waals surface area contributed by atoms with Gasteiger partial charge in [-0.3, -0.25) is 0 Å². The fourth-order valence-corrected chi connectivity index (χ4v) is 4.55. The number of hydrogen-bond acceptors (Lipinski definition) is 2. The van der Waals surface area contributed by atoms with E-state index in [0.29, 0.717) is 11.7 Å². The Labute approximate surface area is 125 Å². The SMILES string of the molecule is Cc1ccc2c(c1)SCC(C)(c1ccc(O)cc1)C2C. The molecule has 0 saturated heterocycles. The van der Waals surface area contributed by atoms with Crippen molar-refractivity contribution < 1.29 is 5.11 Å². The third kappa shape index (κ3) is 2.12. The second kappa shape index (κ2) is 4.85. The van der Waals surface area contributed by atoms with Crippen molar-refractivity contribution in [1.82, 2.24) is 0 Å². The van der Waals surface area contributed by atoms with Gasteiger partial charge in [-0.2, -0.15) is 0 Å². The molecule has 104 valence electrons. The van der Waals surface area contributed by atoms with Crippen LogP contribution in [-0.4, -0.2) is 10.9 Å². The highest BCUT2D eigenvalue weighted by Gasteiger charge is 2.38. The standard InChI is InChI=1S/C18H20OS/c1-12-4-9-16-13(2)18(3,11-20-17(16)10-12)14-5-7-15(19)8-6-14/h4-10,13,19H,11H2,1-3H3. The molecule has 3 rings (SSSR count). The molecule has 0 radical (unpaired) electrons. The second-order valence-corrected chi connectivity index (χ2v) is 7.03. The van der Waals surface area contributed by atoms with Crippen LogP contribution in [0.2, 0.25) is 0 Å². The molecular weight excluding hydrogens is 264 g/mol. The van der Waals surface area contributed by atoms with E-state index in [1.807, 2.05) is 11.8 Å². The van der Waals surface area contributed by atoms with Crippen LogP contribution in [0, 0.1) is 6.92 Å². The smallest absolute Gasteiger partial charge is 0.115 e. The predicted molar refractivity (Wildman–Crippen MR) is 85.8 cm³/mol. The summed E-state index contributed by atoms with van der Waals surface area (Å²) < 4.78 is 0. The van der Waals surface area contributed by atoms with E-state index >= 15 is 0 Å². The molecule has 20 heavy (non-hydrogen) atoms. The van der Waals surface area contributed by atoms with Gasteiger partial charge in [-0.15, -0.1) is 11.8 Å². The van der Waals surface area contributed by atoms with Crippen LogP contribution >= 0.6 is 11.8 Å². The monoisotopic (exact) mass is 284 g/mol. The highest BCUT2D eigenvalue weighted by atomic mass is 32.2. The van der Waals surface area contributed by atoms with Gasteiger partial charge in [0.25, 0.3) is 0 Å². The summed E-state index contributed by atoms with van der Waals surface area (Å²) in [5.41, 5.74) is 4.20. The average Bonchev–Trinajstić information content (AvgIpc) is 2.44. The van der Waals surface area contributed by atoms with Gasteiger partial charge in [-0.1, -0.05) is 43.7 Å². The Morgan fingerprint density at radius 3 is 2.55 bits per heavy atom. The van der Waals surface area contributed by atoms with Crippen molar-refractivity contribution >= 4 is 11.8 Å². The fourth-order valence-electron chi connectivity index (χ4n) is 3.00. The van der Waals surface area contributed by atoms with Gasteiger partial charge < -0.3 is 5.11 Å². The maximum absolute atomic E-state index is 9.49. The van der Waals surface area contributed by atoms with E-state index < -0.39 is 0 Å². The third-order valence-corrected chi connectivity index (χ3v) is 6.05. The Morgan fingerprint density at radius 1 is 1.15 bits per heavy atom. The first-order valence-electron chi connectivity index (χ1n) is 7.03. The van der Waals surface area contributed by atoms with Crippen molar-refractivity contribution in [1.29, 1.82) is 0 Å². The highest BCUT2D eigenvalue weighted by molar-refractivity contribution is 7.99. The first-order valence-corrected chi connectivity index (χ1v) is 8.02. The zero-order valence-electron chi connectivity index (χ0n) is 12.2. The number of thioether (sulfide) groups is 1. The molecule has 2 aromatic carbocycles. The van der Waals surface area contributed by atoms with Crippen molar-refractivity contribution in [2.75, 3.05) is 5.75 Å². The van der Waals surface area contributed by atoms with Crippen LogP contribution in [0.3, 0.4) is 0 Å². The van der Waals surface area contributed by atoms with Crippen LogP contribution in [-0.2, 0) is 5.41 Å². The molecule has 0 aromatic heterocycles. The molecule has 2 heteroatoms. The van der Waals surface area contributed by atoms with E-state index in [4.69, 9.17) is 0 Å². The predicted octanol–water partition coefficient (Wildman–Crippen LogP) is 4.87. The Balaban J connectivity index is 2.04. The van der Waals surface area contributed by atoms with Crippen LogP contribution in [0.15, 0.2) is 47.4 Å². The summed E-state index contributed by atoms with van der Waals surface area (Å²) in [7, 11) is 0. The molecule has 0 spiro atoms. The van der Waals surface area contributed by atoms with Crippen molar-refractivity contribution in [2.24, 2.45) is 0 Å². The van der Waals surface area contributed by atoms with Crippen molar-refractivity contribution in [3.63, 3.8) is 0 Å². The van der Waals surface area contributed by atoms with Gasteiger partial charge in [0.1, 0.15) is 5.75 Å². The molecule has 0 fully saturated rings. The average molecular weight is 284 g/mol. The first-order chi connectivity index (χ1) is 9.50. The summed E-state index contributed by atoms with van der Waals surface area (Å²) in [6.45, 7) is 6.81. The molecule has 1 aliphatic heterocycles. The van der Waals surface area contributed by atoms with Gasteiger partial charge in [0.2, 0.25) is 0 Å². The van der Waals surface area contributed by atoms with E-state index in [0.717, 1.165) is 5.75 Å². The summed E-state index contributed by atoms with van der Waals surface area (Å²) in [5.74, 6) is 1.89. The molecular formula is C18H20OS. The molecule has 2 aromatic rings. The van der Waals surface area contributed by atoms with Gasteiger partial charge in [0.05, 0.1) is 0 Å². The third-order valence-electron chi connectivity index (χ3n) is 4.65. The summed E-state index contributed by atoms with van der Waals surface area (Å²) in [5, 5.41) is 9.49. The number of phenols is 1. The van der Waals surface area contributed by atoms with Gasteiger partial charge in [-0.05, 0) is 42.2 Å². The zero-order valence-corrected chi connectivity index (χ0v) is 13.0. The molecule has 0 amide bonds. The minimum absolute atomic E-state index is 0.112. The molecule has 0 bridgehead atoms. The van der Waals surface area contributed by atoms with Crippen molar-refractivity contribution in [3.8, 4) is 5.75 Å². The number of fused-ring (bicyclic) bond motifs is 1. The van der Waals surface area contributed by atoms with E-state index in [2.05, 4.69) is 51.1 Å². The molecule has 2 atom stereocenters. The Kier molecular flexibility index (Phi) is 3.29. The summed E-state index contributed by atoms with van der Waals surface area (Å²) in [6, 6.07) is 14.5. The van der Waals surface area contributed by atoms with Gasteiger partial charge >= 0.3 is 0 Å². The fraction of sp³-hybridized carbons (Fsp3) is 0.333. The second-order valence-electron chi connectivity index (χ2n) is 6.02. The zero-order chi connectivity index (χ0) is 14.3. The summed E-state index contributed by atoms with van der Waals surface area (Å²) in [6.07, 6.45) is 0. The van der Waals surface area contributed by atoms with Gasteiger partial charge in [-0.25, -0.2) is 0 Å². The van der Waals surface area contributed by atoms with Crippen molar-refractivity contribution in [2.45, 2.75) is 37.0 Å². The topological polar surface area (TPSA) is 20.2 Å². The number of aromatic hydroxyl groups is 1. The van der Waals surface area contributed by atoms with E-state index in [1.54, 1.807) is 12.1 Å². The molecule has 1 nitrogen and oxygen atoms in total. The van der Waals surface area contributed by atoms with E-state index in [9.17, 15) is 5.11 Å². The number of rotatable bonds is 1. The van der Waals surface area contributed by atoms with Crippen LogP contribution < -0.4 is 0 Å². The Morgan fingerprint density at radius 2 is 1.85 bits per heavy atom. The maximum Gasteiger partial charge on any atom is 0.115 e. The molecule has 1 N–H and O–H groups in total. The lowest BCUT2D eigenvalue weighted by molar-refractivity contribution is 0.431. The lowest BCUT2D eigenvalue weighted by Crippen LogP contribution is -2.34. The number of phenolic OH excluding ortho intramolecular Hbond substituents is 1.